The molecule has 1 fully saturated rings. The SMILES string of the molecule is CCOC(=O)c1cnc2c(C3CC3)cccn12. The van der Waals surface area contributed by atoms with Gasteiger partial charge in [0, 0.05) is 6.20 Å². The number of hydrogen-bond acceptors (Lipinski definition) is 3. The average molecular weight is 230 g/mol. The fraction of sp³-hybridized carbons (Fsp3) is 0.385. The van der Waals surface area contributed by atoms with Crippen LogP contribution in [0.2, 0.25) is 0 Å². The van der Waals surface area contributed by atoms with Crippen LogP contribution in [-0.2, 0) is 4.74 Å². The zero-order valence-electron chi connectivity index (χ0n) is 9.72. The Morgan fingerprint density at radius 2 is 2.41 bits per heavy atom. The van der Waals surface area contributed by atoms with E-state index in [1.165, 1.54) is 18.4 Å². The van der Waals surface area contributed by atoms with Crippen molar-refractivity contribution in [1.82, 2.24) is 9.38 Å². The zero-order valence-corrected chi connectivity index (χ0v) is 9.72. The second-order valence-electron chi connectivity index (χ2n) is 4.30. The smallest absolute Gasteiger partial charge is 0.356 e. The van der Waals surface area contributed by atoms with E-state index in [2.05, 4.69) is 11.1 Å². The molecule has 0 aliphatic heterocycles. The minimum Gasteiger partial charge on any atom is -0.461 e. The van der Waals surface area contributed by atoms with Gasteiger partial charge >= 0.3 is 5.97 Å². The van der Waals surface area contributed by atoms with Gasteiger partial charge in [0.25, 0.3) is 0 Å². The number of carbonyl (C=O) groups excluding carboxylic acids is 1. The lowest BCUT2D eigenvalue weighted by atomic mass is 10.2. The molecular formula is C13H14N2O2. The Morgan fingerprint density at radius 3 is 3.12 bits per heavy atom. The lowest BCUT2D eigenvalue weighted by molar-refractivity contribution is 0.0518. The van der Waals surface area contributed by atoms with Crippen molar-refractivity contribution in [2.24, 2.45) is 0 Å². The summed E-state index contributed by atoms with van der Waals surface area (Å²) in [6.45, 7) is 2.19. The number of rotatable bonds is 3. The second-order valence-corrected chi connectivity index (χ2v) is 4.30. The molecule has 17 heavy (non-hydrogen) atoms. The molecule has 88 valence electrons. The summed E-state index contributed by atoms with van der Waals surface area (Å²) in [7, 11) is 0. The Kier molecular flexibility index (Phi) is 2.35. The fourth-order valence-electron chi connectivity index (χ4n) is 2.10. The Balaban J connectivity index is 2.09. The molecule has 0 saturated heterocycles. The normalized spacial score (nSPS) is 15.1. The van der Waals surface area contributed by atoms with Gasteiger partial charge in [-0.25, -0.2) is 9.78 Å². The van der Waals surface area contributed by atoms with Gasteiger partial charge in [-0.05, 0) is 37.3 Å². The first kappa shape index (κ1) is 10.3. The van der Waals surface area contributed by atoms with Crippen LogP contribution < -0.4 is 0 Å². The fourth-order valence-corrected chi connectivity index (χ4v) is 2.10. The standard InChI is InChI=1S/C13H14N2O2/c1-2-17-13(16)11-8-14-12-10(9-5-6-9)4-3-7-15(11)12/h3-4,7-9H,2,5-6H2,1H3. The third-order valence-electron chi connectivity index (χ3n) is 3.07. The maximum atomic E-state index is 11.7. The first-order valence-electron chi connectivity index (χ1n) is 5.94. The van der Waals surface area contributed by atoms with Crippen molar-refractivity contribution >= 4 is 11.6 Å². The Morgan fingerprint density at radius 1 is 1.59 bits per heavy atom. The van der Waals surface area contributed by atoms with Crippen LogP contribution in [0, 0.1) is 0 Å². The van der Waals surface area contributed by atoms with Crippen molar-refractivity contribution in [2.45, 2.75) is 25.7 Å². The summed E-state index contributed by atoms with van der Waals surface area (Å²) in [5.41, 5.74) is 2.63. The molecule has 0 amide bonds. The van der Waals surface area contributed by atoms with Gasteiger partial charge in [0.2, 0.25) is 0 Å². The number of fused-ring (bicyclic) bond motifs is 1. The van der Waals surface area contributed by atoms with Crippen molar-refractivity contribution in [3.8, 4) is 0 Å². The summed E-state index contributed by atoms with van der Waals surface area (Å²) < 4.78 is 6.84. The first-order chi connectivity index (χ1) is 8.31. The van der Waals surface area contributed by atoms with Crippen LogP contribution in [0.5, 0.6) is 0 Å². The number of aromatic nitrogens is 2. The Labute approximate surface area is 99.2 Å². The molecule has 0 unspecified atom stereocenters. The largest absolute Gasteiger partial charge is 0.461 e. The van der Waals surface area contributed by atoms with Gasteiger partial charge in [0.15, 0.2) is 5.69 Å². The van der Waals surface area contributed by atoms with Gasteiger partial charge in [-0.3, -0.25) is 4.40 Å². The molecule has 0 N–H and O–H groups in total. The van der Waals surface area contributed by atoms with Gasteiger partial charge < -0.3 is 4.74 Å². The second kappa shape index (κ2) is 3.87. The first-order valence-corrected chi connectivity index (χ1v) is 5.94. The van der Waals surface area contributed by atoms with E-state index in [0.29, 0.717) is 18.2 Å². The van der Waals surface area contributed by atoms with Crippen LogP contribution in [0.25, 0.3) is 5.65 Å². The summed E-state index contributed by atoms with van der Waals surface area (Å²) >= 11 is 0. The molecule has 0 spiro atoms. The van der Waals surface area contributed by atoms with Crippen molar-refractivity contribution in [3.05, 3.63) is 35.8 Å². The van der Waals surface area contributed by atoms with Gasteiger partial charge in [-0.15, -0.1) is 0 Å². The molecule has 0 radical (unpaired) electrons. The molecule has 4 nitrogen and oxygen atoms in total. The van der Waals surface area contributed by atoms with Crippen molar-refractivity contribution in [2.75, 3.05) is 6.61 Å². The van der Waals surface area contributed by atoms with Gasteiger partial charge in [0.1, 0.15) is 5.65 Å². The molecule has 1 saturated carbocycles. The molecule has 2 aromatic rings. The lowest BCUT2D eigenvalue weighted by Crippen LogP contribution is -2.07. The van der Waals surface area contributed by atoms with Gasteiger partial charge in [0.05, 0.1) is 12.8 Å². The number of nitrogens with zero attached hydrogens (tertiary/aromatic N) is 2. The molecule has 2 aromatic heterocycles. The summed E-state index contributed by atoms with van der Waals surface area (Å²) in [5, 5.41) is 0. The highest BCUT2D eigenvalue weighted by Gasteiger charge is 2.27. The molecule has 0 bridgehead atoms. The minimum atomic E-state index is -0.312. The molecule has 1 aliphatic rings. The highest BCUT2D eigenvalue weighted by molar-refractivity contribution is 5.88. The van der Waals surface area contributed by atoms with Crippen molar-refractivity contribution in [3.63, 3.8) is 0 Å². The van der Waals surface area contributed by atoms with Crippen LogP contribution in [0.1, 0.15) is 41.7 Å². The molecular weight excluding hydrogens is 216 g/mol. The van der Waals surface area contributed by atoms with E-state index in [1.54, 1.807) is 13.1 Å². The predicted octanol–water partition coefficient (Wildman–Crippen LogP) is 2.39. The average Bonchev–Trinajstić information content (AvgIpc) is 3.07. The summed E-state index contributed by atoms with van der Waals surface area (Å²) in [5.74, 6) is 0.309. The highest BCUT2D eigenvalue weighted by Crippen LogP contribution is 2.41. The predicted molar refractivity (Wildman–Crippen MR) is 63.1 cm³/mol. The van der Waals surface area contributed by atoms with Gasteiger partial charge in [-0.2, -0.15) is 0 Å². The van der Waals surface area contributed by atoms with Crippen molar-refractivity contribution in [1.29, 1.82) is 0 Å². The maximum absolute atomic E-state index is 11.7. The van der Waals surface area contributed by atoms with Crippen LogP contribution in [-0.4, -0.2) is 22.0 Å². The molecule has 0 aromatic carbocycles. The molecule has 0 atom stereocenters. The van der Waals surface area contributed by atoms with Crippen LogP contribution >= 0.6 is 0 Å². The van der Waals surface area contributed by atoms with E-state index in [9.17, 15) is 4.79 Å². The van der Waals surface area contributed by atoms with E-state index < -0.39 is 0 Å². The van der Waals surface area contributed by atoms with E-state index in [1.807, 2.05) is 16.7 Å². The Hall–Kier alpha value is -1.84. The minimum absolute atomic E-state index is 0.312. The molecule has 4 heteroatoms. The zero-order chi connectivity index (χ0) is 11.8. The summed E-state index contributed by atoms with van der Waals surface area (Å²) in [6, 6.07) is 4.06. The van der Waals surface area contributed by atoms with E-state index in [0.717, 1.165) is 5.65 Å². The van der Waals surface area contributed by atoms with Crippen LogP contribution in [0.4, 0.5) is 0 Å². The molecule has 1 aliphatic carbocycles. The number of esters is 1. The number of pyridine rings is 1. The van der Waals surface area contributed by atoms with E-state index in [-0.39, 0.29) is 5.97 Å². The number of imidazole rings is 1. The quantitative estimate of drug-likeness (QED) is 0.760. The molecule has 3 rings (SSSR count). The van der Waals surface area contributed by atoms with E-state index >= 15 is 0 Å². The van der Waals surface area contributed by atoms with Crippen molar-refractivity contribution < 1.29 is 9.53 Å². The molecule has 2 heterocycles. The maximum Gasteiger partial charge on any atom is 0.356 e. The van der Waals surface area contributed by atoms with E-state index in [4.69, 9.17) is 4.74 Å². The summed E-state index contributed by atoms with van der Waals surface area (Å²) in [6.07, 6.45) is 5.90. The van der Waals surface area contributed by atoms with Gasteiger partial charge in [-0.1, -0.05) is 6.07 Å². The third-order valence-corrected chi connectivity index (χ3v) is 3.07. The topological polar surface area (TPSA) is 43.6 Å². The summed E-state index contributed by atoms with van der Waals surface area (Å²) in [4.78, 5) is 16.1. The Bertz CT molecular complexity index is 570. The highest BCUT2D eigenvalue weighted by atomic mass is 16.5. The van der Waals surface area contributed by atoms with Crippen LogP contribution in [0.3, 0.4) is 0 Å². The van der Waals surface area contributed by atoms with Crippen LogP contribution in [0.15, 0.2) is 24.5 Å². The lowest BCUT2D eigenvalue weighted by Gasteiger charge is -2.04. The third kappa shape index (κ3) is 1.69. The number of carbonyl (C=O) groups is 1. The monoisotopic (exact) mass is 230 g/mol. The number of hydrogen-bond donors (Lipinski definition) is 0. The number of ether oxygens (including phenoxy) is 1.